The van der Waals surface area contributed by atoms with Gasteiger partial charge in [-0.3, -0.25) is 19.0 Å². The fourth-order valence-corrected chi connectivity index (χ4v) is 5.83. The van der Waals surface area contributed by atoms with Gasteiger partial charge in [-0.25, -0.2) is 18.7 Å². The van der Waals surface area contributed by atoms with E-state index in [0.717, 1.165) is 27.4 Å². The summed E-state index contributed by atoms with van der Waals surface area (Å²) in [6.07, 6.45) is 4.70. The minimum atomic E-state index is -0.605. The molecule has 0 aliphatic rings. The highest BCUT2D eigenvalue weighted by Gasteiger charge is 2.22. The first-order valence-electron chi connectivity index (χ1n) is 11.4. The van der Waals surface area contributed by atoms with Crippen molar-refractivity contribution in [1.82, 2.24) is 28.9 Å². The second kappa shape index (κ2) is 9.19. The molecule has 190 valence electrons. The third-order valence-corrected chi connectivity index (χ3v) is 7.62. The fourth-order valence-electron chi connectivity index (χ4n) is 4.40. The highest BCUT2D eigenvalue weighted by atomic mass is 35.5. The number of methoxy groups -OCH3 is 1. The number of halogens is 2. The number of thiophene rings is 1. The molecule has 0 spiro atoms. The lowest BCUT2D eigenvalue weighted by Gasteiger charge is -2.12. The maximum absolute atomic E-state index is 14.2. The molecular weight excluding hydrogens is 531 g/mol. The standard InChI is InChI=1S/C26H18ClFN6O3S/c1-32-13-30-23(31-32)12-33-19-9-22(16-7-21(37-2)18(28)8-17(16)27)38-24(19)25(35)34(26(33)36)20-11-29-10-14-5-3-4-6-15(14)20/h3-11,13H,12H2,1-2H3. The minimum Gasteiger partial charge on any atom is -0.494 e. The molecule has 0 saturated carbocycles. The Hall–Kier alpha value is -4.35. The van der Waals surface area contributed by atoms with Crippen LogP contribution in [-0.4, -0.2) is 36.0 Å². The molecule has 0 unspecified atom stereocenters. The van der Waals surface area contributed by atoms with Gasteiger partial charge in [0, 0.05) is 34.5 Å². The quantitative estimate of drug-likeness (QED) is 0.317. The first kappa shape index (κ1) is 24.0. The largest absolute Gasteiger partial charge is 0.494 e. The van der Waals surface area contributed by atoms with Gasteiger partial charge in [0.1, 0.15) is 11.0 Å². The highest BCUT2D eigenvalue weighted by Crippen LogP contribution is 2.39. The van der Waals surface area contributed by atoms with E-state index in [1.807, 2.05) is 24.3 Å². The molecule has 6 aromatic rings. The van der Waals surface area contributed by atoms with Gasteiger partial charge in [0.25, 0.3) is 5.56 Å². The number of aryl methyl sites for hydroxylation is 1. The summed E-state index contributed by atoms with van der Waals surface area (Å²) in [6.45, 7) is 0.0191. The van der Waals surface area contributed by atoms with Crippen LogP contribution in [0.25, 0.3) is 37.1 Å². The molecule has 0 atom stereocenters. The Balaban J connectivity index is 1.68. The van der Waals surface area contributed by atoms with Crippen LogP contribution >= 0.6 is 22.9 Å². The van der Waals surface area contributed by atoms with Crippen LogP contribution in [0.15, 0.2) is 70.8 Å². The molecule has 9 nitrogen and oxygen atoms in total. The van der Waals surface area contributed by atoms with Crippen molar-refractivity contribution in [3.8, 4) is 21.9 Å². The summed E-state index contributed by atoms with van der Waals surface area (Å²) in [6, 6.07) is 11.7. The molecule has 0 bridgehead atoms. The van der Waals surface area contributed by atoms with Crippen LogP contribution in [0.4, 0.5) is 4.39 Å². The van der Waals surface area contributed by atoms with Crippen LogP contribution in [-0.2, 0) is 13.6 Å². The van der Waals surface area contributed by atoms with Crippen molar-refractivity contribution < 1.29 is 9.13 Å². The maximum atomic E-state index is 14.2. The van der Waals surface area contributed by atoms with Crippen molar-refractivity contribution >= 4 is 43.9 Å². The van der Waals surface area contributed by atoms with Crippen LogP contribution in [0, 0.1) is 5.82 Å². The molecule has 4 aromatic heterocycles. The number of hydrogen-bond donors (Lipinski definition) is 0. The lowest BCUT2D eigenvalue weighted by Crippen LogP contribution is -2.39. The van der Waals surface area contributed by atoms with Gasteiger partial charge in [-0.2, -0.15) is 5.10 Å². The number of hydrogen-bond acceptors (Lipinski definition) is 7. The Kier molecular flexibility index (Phi) is 5.81. The number of pyridine rings is 1. The summed E-state index contributed by atoms with van der Waals surface area (Å²) >= 11 is 7.53. The molecule has 38 heavy (non-hydrogen) atoms. The van der Waals surface area contributed by atoms with E-state index in [1.54, 1.807) is 19.3 Å². The van der Waals surface area contributed by atoms with Crippen molar-refractivity contribution in [2.75, 3.05) is 7.11 Å². The lowest BCUT2D eigenvalue weighted by atomic mass is 10.1. The van der Waals surface area contributed by atoms with Crippen molar-refractivity contribution in [3.05, 3.63) is 98.7 Å². The van der Waals surface area contributed by atoms with Gasteiger partial charge in [-0.05, 0) is 18.2 Å². The summed E-state index contributed by atoms with van der Waals surface area (Å²) in [5.41, 5.74) is 0.143. The first-order chi connectivity index (χ1) is 18.4. The SMILES string of the molecule is COc1cc(-c2cc3c(s2)c(=O)n(-c2cncc4ccccc24)c(=O)n3Cc2ncn(C)n2)c(Cl)cc1F. The molecule has 0 aliphatic carbocycles. The van der Waals surface area contributed by atoms with E-state index in [1.165, 1.54) is 34.9 Å². The van der Waals surface area contributed by atoms with Crippen LogP contribution in [0.3, 0.4) is 0 Å². The van der Waals surface area contributed by atoms with E-state index in [-0.39, 0.29) is 17.3 Å². The van der Waals surface area contributed by atoms with E-state index < -0.39 is 17.1 Å². The van der Waals surface area contributed by atoms with Crippen molar-refractivity contribution in [3.63, 3.8) is 0 Å². The second-order valence-electron chi connectivity index (χ2n) is 8.52. The highest BCUT2D eigenvalue weighted by molar-refractivity contribution is 7.22. The summed E-state index contributed by atoms with van der Waals surface area (Å²) < 4.78 is 23.8. The van der Waals surface area contributed by atoms with Crippen LogP contribution in [0.2, 0.25) is 5.02 Å². The zero-order valence-electron chi connectivity index (χ0n) is 20.1. The van der Waals surface area contributed by atoms with Gasteiger partial charge >= 0.3 is 5.69 Å². The lowest BCUT2D eigenvalue weighted by molar-refractivity contribution is 0.387. The van der Waals surface area contributed by atoms with Crippen molar-refractivity contribution in [1.29, 1.82) is 0 Å². The summed E-state index contributed by atoms with van der Waals surface area (Å²) in [5.74, 6) is -0.200. The molecule has 0 saturated heterocycles. The molecule has 2 aromatic carbocycles. The Morgan fingerprint density at radius 1 is 1.13 bits per heavy atom. The zero-order valence-corrected chi connectivity index (χ0v) is 21.6. The Morgan fingerprint density at radius 3 is 2.71 bits per heavy atom. The average Bonchev–Trinajstić information content (AvgIpc) is 3.53. The topological polar surface area (TPSA) is 96.8 Å². The van der Waals surface area contributed by atoms with E-state index in [4.69, 9.17) is 16.3 Å². The van der Waals surface area contributed by atoms with E-state index in [2.05, 4.69) is 15.1 Å². The molecule has 12 heteroatoms. The molecule has 0 radical (unpaired) electrons. The molecule has 0 N–H and O–H groups in total. The zero-order chi connectivity index (χ0) is 26.6. The van der Waals surface area contributed by atoms with E-state index >= 15 is 0 Å². The molecular formula is C26H18ClFN6O3S. The van der Waals surface area contributed by atoms with Gasteiger partial charge in [0.2, 0.25) is 0 Å². The summed E-state index contributed by atoms with van der Waals surface area (Å²) in [5, 5.41) is 5.94. The molecule has 4 heterocycles. The summed E-state index contributed by atoms with van der Waals surface area (Å²) in [4.78, 5) is 36.9. The fraction of sp³-hybridized carbons (Fsp3) is 0.115. The predicted molar refractivity (Wildman–Crippen MR) is 144 cm³/mol. The second-order valence-corrected chi connectivity index (χ2v) is 9.97. The van der Waals surface area contributed by atoms with Gasteiger partial charge in [-0.1, -0.05) is 35.9 Å². The van der Waals surface area contributed by atoms with Gasteiger partial charge in [-0.15, -0.1) is 11.3 Å². The van der Waals surface area contributed by atoms with Gasteiger partial charge < -0.3 is 4.74 Å². The normalized spacial score (nSPS) is 11.5. The number of ether oxygens (including phenoxy) is 1. The summed E-state index contributed by atoms with van der Waals surface area (Å²) in [7, 11) is 3.08. The molecule has 0 amide bonds. The van der Waals surface area contributed by atoms with Gasteiger partial charge in [0.05, 0.1) is 36.1 Å². The first-order valence-corrected chi connectivity index (χ1v) is 12.6. The average molecular weight is 549 g/mol. The number of fused-ring (bicyclic) bond motifs is 2. The smallest absolute Gasteiger partial charge is 0.336 e. The van der Waals surface area contributed by atoms with Crippen LogP contribution < -0.4 is 16.0 Å². The number of nitrogens with zero attached hydrogens (tertiary/aromatic N) is 6. The molecule has 6 rings (SSSR count). The van der Waals surface area contributed by atoms with Crippen molar-refractivity contribution in [2.45, 2.75) is 6.54 Å². The number of aromatic nitrogens is 6. The van der Waals surface area contributed by atoms with Crippen LogP contribution in [0.1, 0.15) is 5.82 Å². The Morgan fingerprint density at radius 2 is 1.95 bits per heavy atom. The molecule has 0 aliphatic heterocycles. The third kappa shape index (κ3) is 3.87. The van der Waals surface area contributed by atoms with Gasteiger partial charge in [0.15, 0.2) is 17.4 Å². The predicted octanol–water partition coefficient (Wildman–Crippen LogP) is 4.41. The van der Waals surface area contributed by atoms with Crippen LogP contribution in [0.5, 0.6) is 5.75 Å². The van der Waals surface area contributed by atoms with E-state index in [0.29, 0.717) is 37.6 Å². The minimum absolute atomic E-state index is 0.0103. The Labute approximate surface area is 223 Å². The van der Waals surface area contributed by atoms with E-state index in [9.17, 15) is 14.0 Å². The molecule has 0 fully saturated rings. The number of rotatable bonds is 5. The maximum Gasteiger partial charge on any atom is 0.336 e. The monoisotopic (exact) mass is 548 g/mol. The Bertz CT molecular complexity index is 1990. The third-order valence-electron chi connectivity index (χ3n) is 6.16. The number of benzene rings is 2. The van der Waals surface area contributed by atoms with Crippen molar-refractivity contribution in [2.24, 2.45) is 7.05 Å².